The number of rotatable bonds is 3. The third kappa shape index (κ3) is 3.65. The number of para-hydroxylation sites is 2. The van der Waals surface area contributed by atoms with Gasteiger partial charge in [-0.1, -0.05) is 46.9 Å². The van der Waals surface area contributed by atoms with E-state index >= 15 is 0 Å². The minimum atomic E-state index is -0.395. The third-order valence-electron chi connectivity index (χ3n) is 3.93. The molecule has 0 bridgehead atoms. The highest BCUT2D eigenvalue weighted by molar-refractivity contribution is 6.37. The van der Waals surface area contributed by atoms with Gasteiger partial charge in [0, 0.05) is 10.6 Å². The van der Waals surface area contributed by atoms with Crippen molar-refractivity contribution in [2.24, 2.45) is 0 Å². The summed E-state index contributed by atoms with van der Waals surface area (Å²) in [6.07, 6.45) is 0. The zero-order chi connectivity index (χ0) is 19.0. The zero-order valence-electron chi connectivity index (χ0n) is 13.7. The molecule has 1 heterocycles. The molecule has 4 rings (SSSR count). The second-order valence-electron chi connectivity index (χ2n) is 5.76. The molecule has 7 heteroatoms. The summed E-state index contributed by atoms with van der Waals surface area (Å²) in [6, 6.07) is 17.3. The first-order valence-electron chi connectivity index (χ1n) is 7.93. The molecule has 0 radical (unpaired) electrons. The molecule has 1 N–H and O–H groups in total. The molecule has 4 nitrogen and oxygen atoms in total. The van der Waals surface area contributed by atoms with Crippen LogP contribution >= 0.6 is 34.8 Å². The van der Waals surface area contributed by atoms with Crippen LogP contribution in [0.1, 0.15) is 10.4 Å². The molecule has 0 unspecified atom stereocenters. The van der Waals surface area contributed by atoms with Crippen LogP contribution < -0.4 is 5.32 Å². The number of carbonyl (C=O) groups excluding carboxylic acids is 1. The number of nitrogens with zero attached hydrogens (tertiary/aromatic N) is 1. The van der Waals surface area contributed by atoms with Gasteiger partial charge in [0.25, 0.3) is 5.91 Å². The van der Waals surface area contributed by atoms with Gasteiger partial charge in [-0.25, -0.2) is 4.98 Å². The number of oxazole rings is 1. The second kappa shape index (κ2) is 7.24. The monoisotopic (exact) mass is 416 g/mol. The first kappa shape index (κ1) is 17.9. The largest absolute Gasteiger partial charge is 0.436 e. The SMILES string of the molecule is O=C(Nc1cc(-c2nc3ccccc3o2)ccc1Cl)c1ccc(Cl)cc1Cl. The van der Waals surface area contributed by atoms with E-state index < -0.39 is 5.91 Å². The molecule has 1 aromatic heterocycles. The molecule has 0 saturated heterocycles. The summed E-state index contributed by atoms with van der Waals surface area (Å²) in [7, 11) is 0. The van der Waals surface area contributed by atoms with E-state index in [0.29, 0.717) is 38.3 Å². The number of nitrogens with one attached hydrogen (secondary N) is 1. The van der Waals surface area contributed by atoms with Crippen LogP contribution in [0, 0.1) is 0 Å². The van der Waals surface area contributed by atoms with Gasteiger partial charge in [0.2, 0.25) is 5.89 Å². The number of fused-ring (bicyclic) bond motifs is 1. The van der Waals surface area contributed by atoms with Gasteiger partial charge < -0.3 is 9.73 Å². The number of halogens is 3. The van der Waals surface area contributed by atoms with Crippen molar-refractivity contribution in [3.63, 3.8) is 0 Å². The Kier molecular flexibility index (Phi) is 4.79. The predicted octanol–water partition coefficient (Wildman–Crippen LogP) is 6.71. The van der Waals surface area contributed by atoms with Crippen LogP contribution in [0.25, 0.3) is 22.6 Å². The van der Waals surface area contributed by atoms with E-state index in [0.717, 1.165) is 5.52 Å². The highest BCUT2D eigenvalue weighted by Crippen LogP contribution is 2.31. The number of carbonyl (C=O) groups is 1. The Morgan fingerprint density at radius 2 is 1.74 bits per heavy atom. The Balaban J connectivity index is 1.67. The van der Waals surface area contributed by atoms with Crippen LogP contribution in [-0.2, 0) is 0 Å². The molecule has 0 aliphatic rings. The van der Waals surface area contributed by atoms with Gasteiger partial charge in [-0.15, -0.1) is 0 Å². The standard InChI is InChI=1S/C20H11Cl3N2O2/c21-12-6-7-13(15(23)10-12)19(26)24-17-9-11(5-8-14(17)22)20-25-16-3-1-2-4-18(16)27-20/h1-10H,(H,24,26). The highest BCUT2D eigenvalue weighted by Gasteiger charge is 2.15. The van der Waals surface area contributed by atoms with Gasteiger partial charge in [0.1, 0.15) is 5.52 Å². The number of anilines is 1. The lowest BCUT2D eigenvalue weighted by molar-refractivity contribution is 0.102. The van der Waals surface area contributed by atoms with E-state index in [1.807, 2.05) is 24.3 Å². The number of aromatic nitrogens is 1. The average Bonchev–Trinajstić information content (AvgIpc) is 3.07. The summed E-state index contributed by atoms with van der Waals surface area (Å²) in [5.41, 5.74) is 2.84. The molecule has 134 valence electrons. The first-order valence-corrected chi connectivity index (χ1v) is 9.06. The van der Waals surface area contributed by atoms with Gasteiger partial charge in [0.05, 0.1) is 21.3 Å². The maximum Gasteiger partial charge on any atom is 0.257 e. The molecular weight excluding hydrogens is 407 g/mol. The predicted molar refractivity (Wildman–Crippen MR) is 109 cm³/mol. The Bertz CT molecular complexity index is 1140. The Morgan fingerprint density at radius 1 is 0.926 bits per heavy atom. The summed E-state index contributed by atoms with van der Waals surface area (Å²) >= 11 is 18.2. The Morgan fingerprint density at radius 3 is 2.52 bits per heavy atom. The molecule has 1 amide bonds. The highest BCUT2D eigenvalue weighted by atomic mass is 35.5. The summed E-state index contributed by atoms with van der Waals surface area (Å²) in [5.74, 6) is 0.0428. The van der Waals surface area contributed by atoms with Crippen molar-refractivity contribution >= 4 is 57.5 Å². The van der Waals surface area contributed by atoms with Crippen molar-refractivity contribution in [2.45, 2.75) is 0 Å². The summed E-state index contributed by atoms with van der Waals surface area (Å²) in [6.45, 7) is 0. The number of benzene rings is 3. The summed E-state index contributed by atoms with van der Waals surface area (Å²) in [4.78, 5) is 17.0. The van der Waals surface area contributed by atoms with Gasteiger partial charge in [0.15, 0.2) is 5.58 Å². The van der Waals surface area contributed by atoms with Crippen molar-refractivity contribution in [1.82, 2.24) is 4.98 Å². The average molecular weight is 418 g/mol. The van der Waals surface area contributed by atoms with E-state index in [2.05, 4.69) is 10.3 Å². The van der Waals surface area contributed by atoms with Crippen LogP contribution in [-0.4, -0.2) is 10.9 Å². The van der Waals surface area contributed by atoms with Crippen LogP contribution in [0.5, 0.6) is 0 Å². The second-order valence-corrected chi connectivity index (χ2v) is 7.01. The number of hydrogen-bond donors (Lipinski definition) is 1. The van der Waals surface area contributed by atoms with Gasteiger partial charge in [-0.3, -0.25) is 4.79 Å². The van der Waals surface area contributed by atoms with Crippen LogP contribution in [0.4, 0.5) is 5.69 Å². The molecule has 0 aliphatic carbocycles. The van der Waals surface area contributed by atoms with Crippen molar-refractivity contribution in [3.8, 4) is 11.5 Å². The Hall–Kier alpha value is -2.53. The van der Waals surface area contributed by atoms with Crippen molar-refractivity contribution in [3.05, 3.63) is 81.3 Å². The smallest absolute Gasteiger partial charge is 0.257 e. The summed E-state index contributed by atoms with van der Waals surface area (Å²) in [5, 5.41) is 3.85. The lowest BCUT2D eigenvalue weighted by Crippen LogP contribution is -2.12. The van der Waals surface area contributed by atoms with Gasteiger partial charge >= 0.3 is 0 Å². The van der Waals surface area contributed by atoms with E-state index in [1.54, 1.807) is 30.3 Å². The third-order valence-corrected chi connectivity index (χ3v) is 4.81. The molecule has 0 fully saturated rings. The number of amides is 1. The molecule has 0 saturated carbocycles. The normalized spacial score (nSPS) is 10.9. The maximum absolute atomic E-state index is 12.6. The lowest BCUT2D eigenvalue weighted by atomic mass is 10.1. The Labute approximate surface area is 169 Å². The van der Waals surface area contributed by atoms with E-state index in [4.69, 9.17) is 39.2 Å². The van der Waals surface area contributed by atoms with E-state index in [-0.39, 0.29) is 5.02 Å². The first-order chi connectivity index (χ1) is 13.0. The van der Waals surface area contributed by atoms with Crippen molar-refractivity contribution in [2.75, 3.05) is 5.32 Å². The van der Waals surface area contributed by atoms with Crippen LogP contribution in [0.2, 0.25) is 15.1 Å². The van der Waals surface area contributed by atoms with Crippen molar-refractivity contribution < 1.29 is 9.21 Å². The number of hydrogen-bond acceptors (Lipinski definition) is 3. The molecule has 4 aromatic rings. The fourth-order valence-electron chi connectivity index (χ4n) is 2.61. The molecule has 27 heavy (non-hydrogen) atoms. The quantitative estimate of drug-likeness (QED) is 0.403. The van der Waals surface area contributed by atoms with Crippen LogP contribution in [0.3, 0.4) is 0 Å². The fraction of sp³-hybridized carbons (Fsp3) is 0. The van der Waals surface area contributed by atoms with E-state index in [9.17, 15) is 4.79 Å². The van der Waals surface area contributed by atoms with Gasteiger partial charge in [-0.05, 0) is 48.5 Å². The minimum absolute atomic E-state index is 0.256. The van der Waals surface area contributed by atoms with Crippen molar-refractivity contribution in [1.29, 1.82) is 0 Å². The molecular formula is C20H11Cl3N2O2. The molecule has 0 atom stereocenters. The zero-order valence-corrected chi connectivity index (χ0v) is 15.9. The minimum Gasteiger partial charge on any atom is -0.436 e. The molecule has 0 aliphatic heterocycles. The fourth-order valence-corrected chi connectivity index (χ4v) is 3.27. The molecule has 0 spiro atoms. The van der Waals surface area contributed by atoms with E-state index in [1.165, 1.54) is 6.07 Å². The topological polar surface area (TPSA) is 55.1 Å². The van der Waals surface area contributed by atoms with Crippen LogP contribution in [0.15, 0.2) is 65.1 Å². The maximum atomic E-state index is 12.6. The van der Waals surface area contributed by atoms with Gasteiger partial charge in [-0.2, -0.15) is 0 Å². The summed E-state index contributed by atoms with van der Waals surface area (Å²) < 4.78 is 5.77. The lowest BCUT2D eigenvalue weighted by Gasteiger charge is -2.10. The molecule has 3 aromatic carbocycles.